The molecule has 7 heteroatoms. The third kappa shape index (κ3) is 6.26. The summed E-state index contributed by atoms with van der Waals surface area (Å²) in [5.41, 5.74) is 0.408. The Morgan fingerprint density at radius 1 is 1.19 bits per heavy atom. The molecule has 1 N–H and O–H groups in total. The van der Waals surface area contributed by atoms with E-state index in [1.54, 1.807) is 37.3 Å². The lowest BCUT2D eigenvalue weighted by molar-refractivity contribution is -0.143. The predicted molar refractivity (Wildman–Crippen MR) is 107 cm³/mol. The Balaban J connectivity index is 2.13. The first-order valence-corrected chi connectivity index (χ1v) is 9.72. The molecule has 0 spiro atoms. The zero-order valence-electron chi connectivity index (χ0n) is 15.3. The molecule has 1 unspecified atom stereocenters. The van der Waals surface area contributed by atoms with Gasteiger partial charge < -0.3 is 10.1 Å². The first-order chi connectivity index (χ1) is 12.8. The molecule has 2 rings (SSSR count). The topological polar surface area (TPSA) is 55.4 Å². The average Bonchev–Trinajstić information content (AvgIpc) is 2.64. The zero-order chi connectivity index (χ0) is 20.0. The highest BCUT2D eigenvalue weighted by atomic mass is 35.5. The SMILES string of the molecule is CC(C)COC(=O)C(C)Sc1cc(NC(=O)c2ccccc2)c(F)cc1Cl. The van der Waals surface area contributed by atoms with E-state index in [0.717, 1.165) is 17.8 Å². The second-order valence-corrected chi connectivity index (χ2v) is 8.16. The summed E-state index contributed by atoms with van der Waals surface area (Å²) in [5.74, 6) is -1.22. The summed E-state index contributed by atoms with van der Waals surface area (Å²) in [6, 6.07) is 11.0. The van der Waals surface area contributed by atoms with Crippen LogP contribution in [0.2, 0.25) is 5.02 Å². The van der Waals surface area contributed by atoms with Crippen molar-refractivity contribution in [3.8, 4) is 0 Å². The van der Waals surface area contributed by atoms with E-state index in [1.165, 1.54) is 6.07 Å². The molecule has 0 saturated carbocycles. The molecule has 0 aliphatic carbocycles. The number of carbonyl (C=O) groups is 2. The largest absolute Gasteiger partial charge is 0.465 e. The van der Waals surface area contributed by atoms with Gasteiger partial charge >= 0.3 is 5.97 Å². The van der Waals surface area contributed by atoms with Crippen molar-refractivity contribution < 1.29 is 18.7 Å². The summed E-state index contributed by atoms with van der Waals surface area (Å²) in [6.07, 6.45) is 0. The number of thioether (sulfide) groups is 1. The van der Waals surface area contributed by atoms with Gasteiger partial charge in [0.1, 0.15) is 11.1 Å². The normalized spacial score (nSPS) is 11.9. The Kier molecular flexibility index (Phi) is 7.68. The number of ether oxygens (including phenoxy) is 1. The van der Waals surface area contributed by atoms with E-state index < -0.39 is 17.0 Å². The second kappa shape index (κ2) is 9.76. The highest BCUT2D eigenvalue weighted by Crippen LogP contribution is 2.35. The van der Waals surface area contributed by atoms with Crippen LogP contribution < -0.4 is 5.32 Å². The minimum Gasteiger partial charge on any atom is -0.465 e. The highest BCUT2D eigenvalue weighted by molar-refractivity contribution is 8.00. The molecule has 1 amide bonds. The highest BCUT2D eigenvalue weighted by Gasteiger charge is 2.20. The van der Waals surface area contributed by atoms with Gasteiger partial charge in [-0.25, -0.2) is 4.39 Å². The summed E-state index contributed by atoms with van der Waals surface area (Å²) in [6.45, 7) is 5.92. The van der Waals surface area contributed by atoms with Crippen molar-refractivity contribution in [3.05, 3.63) is 58.9 Å². The van der Waals surface area contributed by atoms with Gasteiger partial charge in [0, 0.05) is 10.5 Å². The van der Waals surface area contributed by atoms with E-state index in [2.05, 4.69) is 5.32 Å². The number of carbonyl (C=O) groups excluding carboxylic acids is 2. The molecule has 0 aliphatic rings. The van der Waals surface area contributed by atoms with Crippen molar-refractivity contribution in [2.75, 3.05) is 11.9 Å². The third-order valence-electron chi connectivity index (χ3n) is 3.50. The van der Waals surface area contributed by atoms with Crippen LogP contribution in [-0.2, 0) is 9.53 Å². The molecule has 0 radical (unpaired) electrons. The maximum absolute atomic E-state index is 14.2. The Morgan fingerprint density at radius 3 is 2.48 bits per heavy atom. The second-order valence-electron chi connectivity index (χ2n) is 6.37. The maximum Gasteiger partial charge on any atom is 0.319 e. The number of amides is 1. The molecule has 27 heavy (non-hydrogen) atoms. The van der Waals surface area contributed by atoms with E-state index in [-0.39, 0.29) is 22.6 Å². The van der Waals surface area contributed by atoms with Crippen molar-refractivity contribution >= 4 is 40.9 Å². The third-order valence-corrected chi connectivity index (χ3v) is 5.06. The number of halogens is 2. The number of hydrogen-bond acceptors (Lipinski definition) is 4. The first kappa shape index (κ1) is 21.3. The summed E-state index contributed by atoms with van der Waals surface area (Å²) in [4.78, 5) is 24.8. The van der Waals surface area contributed by atoms with Crippen molar-refractivity contribution in [1.82, 2.24) is 0 Å². The van der Waals surface area contributed by atoms with Crippen LogP contribution in [0.1, 0.15) is 31.1 Å². The zero-order valence-corrected chi connectivity index (χ0v) is 16.9. The molecule has 0 bridgehead atoms. The van der Waals surface area contributed by atoms with Gasteiger partial charge in [0.15, 0.2) is 0 Å². The van der Waals surface area contributed by atoms with E-state index in [4.69, 9.17) is 16.3 Å². The van der Waals surface area contributed by atoms with Crippen molar-refractivity contribution in [3.63, 3.8) is 0 Å². The molecule has 0 aliphatic heterocycles. The fourth-order valence-electron chi connectivity index (χ4n) is 2.10. The quantitative estimate of drug-likeness (QED) is 0.490. The number of rotatable bonds is 7. The van der Waals surface area contributed by atoms with Crippen molar-refractivity contribution in [2.45, 2.75) is 30.9 Å². The van der Waals surface area contributed by atoms with E-state index in [9.17, 15) is 14.0 Å². The predicted octanol–water partition coefficient (Wildman–Crippen LogP) is 5.41. The number of nitrogens with one attached hydrogen (secondary N) is 1. The molecule has 2 aromatic rings. The summed E-state index contributed by atoms with van der Waals surface area (Å²) in [7, 11) is 0. The fourth-order valence-corrected chi connectivity index (χ4v) is 3.29. The van der Waals surface area contributed by atoms with E-state index >= 15 is 0 Å². The fraction of sp³-hybridized carbons (Fsp3) is 0.300. The van der Waals surface area contributed by atoms with Crippen LogP contribution in [0.5, 0.6) is 0 Å². The molecule has 4 nitrogen and oxygen atoms in total. The summed E-state index contributed by atoms with van der Waals surface area (Å²) in [5, 5.41) is 2.18. The monoisotopic (exact) mass is 409 g/mol. The number of hydrogen-bond donors (Lipinski definition) is 1. The van der Waals surface area contributed by atoms with Gasteiger partial charge in [0.05, 0.1) is 17.3 Å². The molecule has 1 atom stereocenters. The Hall–Kier alpha value is -2.05. The van der Waals surface area contributed by atoms with Crippen LogP contribution in [0.3, 0.4) is 0 Å². The van der Waals surface area contributed by atoms with Crippen molar-refractivity contribution in [1.29, 1.82) is 0 Å². The molecule has 2 aromatic carbocycles. The van der Waals surface area contributed by atoms with E-state index in [0.29, 0.717) is 17.1 Å². The number of esters is 1. The van der Waals surface area contributed by atoms with Gasteiger partial charge in [0.25, 0.3) is 5.91 Å². The van der Waals surface area contributed by atoms with E-state index in [1.807, 2.05) is 13.8 Å². The smallest absolute Gasteiger partial charge is 0.319 e. The van der Waals surface area contributed by atoms with Gasteiger partial charge in [-0.15, -0.1) is 11.8 Å². The van der Waals surface area contributed by atoms with Crippen LogP contribution in [-0.4, -0.2) is 23.7 Å². The van der Waals surface area contributed by atoms with Crippen LogP contribution in [0.4, 0.5) is 10.1 Å². The standard InChI is InChI=1S/C20H21ClFNO3S/c1-12(2)11-26-20(25)13(3)27-18-10-17(16(22)9-15(18)21)23-19(24)14-7-5-4-6-8-14/h4-10,12-13H,11H2,1-3H3,(H,23,24). The maximum atomic E-state index is 14.2. The Bertz CT molecular complexity index is 814. The lowest BCUT2D eigenvalue weighted by Crippen LogP contribution is -2.19. The molecule has 0 fully saturated rings. The number of benzene rings is 2. The Labute approximate surface area is 167 Å². The molecular weight excluding hydrogens is 389 g/mol. The van der Waals surface area contributed by atoms with Gasteiger partial charge in [-0.05, 0) is 37.1 Å². The number of anilines is 1. The van der Waals surface area contributed by atoms with Crippen LogP contribution in [0.15, 0.2) is 47.4 Å². The summed E-state index contributed by atoms with van der Waals surface area (Å²) < 4.78 is 19.4. The Morgan fingerprint density at radius 2 is 1.85 bits per heavy atom. The average molecular weight is 410 g/mol. The lowest BCUT2D eigenvalue weighted by atomic mass is 10.2. The molecule has 0 heterocycles. The van der Waals surface area contributed by atoms with Gasteiger partial charge in [0.2, 0.25) is 0 Å². The minimum absolute atomic E-state index is 0.00139. The molecule has 0 aromatic heterocycles. The van der Waals surface area contributed by atoms with Crippen LogP contribution in [0.25, 0.3) is 0 Å². The van der Waals surface area contributed by atoms with Gasteiger partial charge in [-0.3, -0.25) is 9.59 Å². The first-order valence-electron chi connectivity index (χ1n) is 8.46. The van der Waals surface area contributed by atoms with Gasteiger partial charge in [-0.2, -0.15) is 0 Å². The van der Waals surface area contributed by atoms with Crippen molar-refractivity contribution in [2.24, 2.45) is 5.92 Å². The molecular formula is C20H21ClFNO3S. The molecule has 0 saturated heterocycles. The van der Waals surface area contributed by atoms with Crippen LogP contribution >= 0.6 is 23.4 Å². The summed E-state index contributed by atoms with van der Waals surface area (Å²) >= 11 is 7.26. The van der Waals surface area contributed by atoms with Gasteiger partial charge in [-0.1, -0.05) is 43.6 Å². The lowest BCUT2D eigenvalue weighted by Gasteiger charge is -2.15. The van der Waals surface area contributed by atoms with Crippen LogP contribution in [0, 0.1) is 11.7 Å². The molecule has 144 valence electrons. The minimum atomic E-state index is -0.649.